The Bertz CT molecular complexity index is 950. The molecule has 8 heteroatoms. The predicted octanol–water partition coefficient (Wildman–Crippen LogP) is 3.23. The van der Waals surface area contributed by atoms with Gasteiger partial charge in [-0.1, -0.05) is 41.1 Å². The number of aryl methyl sites for hydroxylation is 1. The number of hydrogen-bond donors (Lipinski definition) is 0. The first-order chi connectivity index (χ1) is 12.4. The molecule has 1 amide bonds. The fraction of sp³-hybridized carbons (Fsp3) is 0.167. The van der Waals surface area contributed by atoms with Crippen molar-refractivity contribution in [3.05, 3.63) is 75.7 Å². The molecule has 0 N–H and O–H groups in total. The summed E-state index contributed by atoms with van der Waals surface area (Å²) in [4.78, 5) is 28.4. The molecule has 3 aromatic rings. The summed E-state index contributed by atoms with van der Waals surface area (Å²) in [6.45, 7) is 2.08. The van der Waals surface area contributed by atoms with Gasteiger partial charge in [-0.15, -0.1) is 0 Å². The number of amides is 1. The highest BCUT2D eigenvalue weighted by Crippen LogP contribution is 2.18. The summed E-state index contributed by atoms with van der Waals surface area (Å²) in [5.41, 5.74) is 2.03. The van der Waals surface area contributed by atoms with Crippen LogP contribution in [0.1, 0.15) is 21.8 Å². The highest BCUT2D eigenvalue weighted by atomic mass is 16.6. The number of carbonyl (C=O) groups is 1. The molecule has 3 rings (SSSR count). The van der Waals surface area contributed by atoms with Crippen molar-refractivity contribution in [1.82, 2.24) is 15.0 Å². The average molecular weight is 352 g/mol. The summed E-state index contributed by atoms with van der Waals surface area (Å²) in [6, 6.07) is 13.3. The molecule has 0 atom stereocenters. The van der Waals surface area contributed by atoms with E-state index in [9.17, 15) is 14.9 Å². The first kappa shape index (κ1) is 17.3. The third kappa shape index (κ3) is 3.75. The van der Waals surface area contributed by atoms with Crippen LogP contribution in [0.3, 0.4) is 0 Å². The first-order valence-electron chi connectivity index (χ1n) is 7.83. The minimum Gasteiger partial charge on any atom is -0.337 e. The molecule has 1 heterocycles. The molecule has 0 bridgehead atoms. The predicted molar refractivity (Wildman–Crippen MR) is 93.4 cm³/mol. The van der Waals surface area contributed by atoms with E-state index in [-0.39, 0.29) is 29.6 Å². The molecule has 8 nitrogen and oxygen atoms in total. The molecule has 0 saturated carbocycles. The van der Waals surface area contributed by atoms with Crippen molar-refractivity contribution in [1.29, 1.82) is 0 Å². The normalized spacial score (nSPS) is 10.5. The molecule has 0 saturated heterocycles. The largest absolute Gasteiger partial charge is 0.337 e. The molecular formula is C18H16N4O4. The molecule has 0 unspecified atom stereocenters. The Kier molecular flexibility index (Phi) is 4.74. The van der Waals surface area contributed by atoms with Crippen LogP contribution < -0.4 is 0 Å². The number of nitrogens with zero attached hydrogens (tertiary/aromatic N) is 4. The number of benzene rings is 2. The number of aromatic nitrogens is 2. The van der Waals surface area contributed by atoms with E-state index in [0.717, 1.165) is 11.1 Å². The van der Waals surface area contributed by atoms with E-state index in [1.165, 1.54) is 29.2 Å². The van der Waals surface area contributed by atoms with Crippen LogP contribution in [0, 0.1) is 17.0 Å². The van der Waals surface area contributed by atoms with Gasteiger partial charge in [-0.05, 0) is 13.0 Å². The van der Waals surface area contributed by atoms with Crippen molar-refractivity contribution < 1.29 is 14.2 Å². The Morgan fingerprint density at radius 2 is 1.96 bits per heavy atom. The fourth-order valence-electron chi connectivity index (χ4n) is 2.39. The van der Waals surface area contributed by atoms with E-state index < -0.39 is 4.92 Å². The number of rotatable bonds is 5. The van der Waals surface area contributed by atoms with Gasteiger partial charge in [0.1, 0.15) is 0 Å². The van der Waals surface area contributed by atoms with Crippen LogP contribution in [-0.4, -0.2) is 32.9 Å². The van der Waals surface area contributed by atoms with Gasteiger partial charge in [0.05, 0.1) is 11.5 Å². The van der Waals surface area contributed by atoms with Gasteiger partial charge in [-0.2, -0.15) is 4.98 Å². The van der Waals surface area contributed by atoms with E-state index in [4.69, 9.17) is 4.52 Å². The fourth-order valence-corrected chi connectivity index (χ4v) is 2.39. The third-order valence-corrected chi connectivity index (χ3v) is 3.80. The van der Waals surface area contributed by atoms with Crippen LogP contribution in [0.2, 0.25) is 0 Å². The SMILES string of the molecule is Cc1ccc(-c2noc(CN(C)C(=O)c3cccc([N+](=O)[O-])c3)n2)cc1. The van der Waals surface area contributed by atoms with E-state index in [1.54, 1.807) is 7.05 Å². The summed E-state index contributed by atoms with van der Waals surface area (Å²) in [6.07, 6.45) is 0. The zero-order chi connectivity index (χ0) is 18.7. The van der Waals surface area contributed by atoms with Gasteiger partial charge in [0.15, 0.2) is 0 Å². The summed E-state index contributed by atoms with van der Waals surface area (Å²) in [5, 5.41) is 14.8. The van der Waals surface area contributed by atoms with Crippen LogP contribution in [0.25, 0.3) is 11.4 Å². The quantitative estimate of drug-likeness (QED) is 0.516. The van der Waals surface area contributed by atoms with Crippen LogP contribution in [0.15, 0.2) is 53.1 Å². The second-order valence-electron chi connectivity index (χ2n) is 5.85. The summed E-state index contributed by atoms with van der Waals surface area (Å²) in [7, 11) is 1.57. The zero-order valence-electron chi connectivity index (χ0n) is 14.2. The Labute approximate surface area is 149 Å². The van der Waals surface area contributed by atoms with Crippen molar-refractivity contribution in [2.24, 2.45) is 0 Å². The van der Waals surface area contributed by atoms with Gasteiger partial charge in [-0.25, -0.2) is 0 Å². The lowest BCUT2D eigenvalue weighted by Crippen LogP contribution is -2.26. The average Bonchev–Trinajstić information content (AvgIpc) is 3.10. The summed E-state index contributed by atoms with van der Waals surface area (Å²) >= 11 is 0. The van der Waals surface area contributed by atoms with Gasteiger partial charge in [0, 0.05) is 30.3 Å². The minimum atomic E-state index is -0.539. The van der Waals surface area contributed by atoms with Crippen LogP contribution in [0.5, 0.6) is 0 Å². The Hall–Kier alpha value is -3.55. The van der Waals surface area contributed by atoms with Gasteiger partial charge >= 0.3 is 0 Å². The maximum atomic E-state index is 12.5. The molecule has 0 aliphatic heterocycles. The second-order valence-corrected chi connectivity index (χ2v) is 5.85. The first-order valence-corrected chi connectivity index (χ1v) is 7.83. The van der Waals surface area contributed by atoms with Gasteiger partial charge in [0.25, 0.3) is 11.6 Å². The molecule has 132 valence electrons. The molecule has 1 aromatic heterocycles. The maximum Gasteiger partial charge on any atom is 0.270 e. The van der Waals surface area contributed by atoms with Crippen LogP contribution in [-0.2, 0) is 6.54 Å². The van der Waals surface area contributed by atoms with Gasteiger partial charge in [0.2, 0.25) is 11.7 Å². The lowest BCUT2D eigenvalue weighted by molar-refractivity contribution is -0.384. The topological polar surface area (TPSA) is 102 Å². The molecule has 26 heavy (non-hydrogen) atoms. The van der Waals surface area contributed by atoms with Crippen LogP contribution in [0.4, 0.5) is 5.69 Å². The van der Waals surface area contributed by atoms with E-state index in [1.807, 2.05) is 31.2 Å². The van der Waals surface area contributed by atoms with Crippen molar-refractivity contribution in [3.63, 3.8) is 0 Å². The van der Waals surface area contributed by atoms with Crippen molar-refractivity contribution in [2.45, 2.75) is 13.5 Å². The monoisotopic (exact) mass is 352 g/mol. The number of nitro benzene ring substituents is 1. The molecule has 2 aromatic carbocycles. The molecule has 0 radical (unpaired) electrons. The highest BCUT2D eigenvalue weighted by Gasteiger charge is 2.18. The van der Waals surface area contributed by atoms with E-state index in [0.29, 0.717) is 5.82 Å². The smallest absolute Gasteiger partial charge is 0.270 e. The molecule has 0 aliphatic rings. The van der Waals surface area contributed by atoms with E-state index >= 15 is 0 Å². The number of hydrogen-bond acceptors (Lipinski definition) is 6. The number of carbonyl (C=O) groups excluding carboxylic acids is 1. The third-order valence-electron chi connectivity index (χ3n) is 3.80. The maximum absolute atomic E-state index is 12.5. The summed E-state index contributed by atoms with van der Waals surface area (Å²) in [5.74, 6) is 0.349. The molecule has 0 aliphatic carbocycles. The molecular weight excluding hydrogens is 336 g/mol. The highest BCUT2D eigenvalue weighted by molar-refractivity contribution is 5.94. The second kappa shape index (κ2) is 7.14. The van der Waals surface area contributed by atoms with Crippen molar-refractivity contribution in [2.75, 3.05) is 7.05 Å². The number of nitro groups is 1. The minimum absolute atomic E-state index is 0.0976. The van der Waals surface area contributed by atoms with Crippen molar-refractivity contribution in [3.8, 4) is 11.4 Å². The molecule has 0 spiro atoms. The Balaban J connectivity index is 1.73. The number of non-ortho nitro benzene ring substituents is 1. The van der Waals surface area contributed by atoms with Crippen LogP contribution >= 0.6 is 0 Å². The van der Waals surface area contributed by atoms with Crippen molar-refractivity contribution >= 4 is 11.6 Å². The standard InChI is InChI=1S/C18H16N4O4/c1-12-6-8-13(9-7-12)17-19-16(26-20-17)11-21(2)18(23)14-4-3-5-15(10-14)22(24)25/h3-10H,11H2,1-2H3. The van der Waals surface area contributed by atoms with Gasteiger partial charge < -0.3 is 9.42 Å². The lowest BCUT2D eigenvalue weighted by Gasteiger charge is -2.14. The Morgan fingerprint density at radius 3 is 2.65 bits per heavy atom. The van der Waals surface area contributed by atoms with E-state index in [2.05, 4.69) is 10.1 Å². The molecule has 0 fully saturated rings. The Morgan fingerprint density at radius 1 is 1.23 bits per heavy atom. The summed E-state index contributed by atoms with van der Waals surface area (Å²) < 4.78 is 5.20. The van der Waals surface area contributed by atoms with Gasteiger partial charge in [-0.3, -0.25) is 14.9 Å². The lowest BCUT2D eigenvalue weighted by atomic mass is 10.1. The zero-order valence-corrected chi connectivity index (χ0v) is 14.2.